The molecule has 1 aliphatic heterocycles. The van der Waals surface area contributed by atoms with Gasteiger partial charge >= 0.3 is 0 Å². The first-order chi connectivity index (χ1) is 13.2. The van der Waals surface area contributed by atoms with Gasteiger partial charge in [0.1, 0.15) is 0 Å². The third-order valence-corrected chi connectivity index (χ3v) is 7.54. The smallest absolute Gasteiger partial charge is 0.241 e. The molecule has 0 radical (unpaired) electrons. The predicted molar refractivity (Wildman–Crippen MR) is 112 cm³/mol. The number of hydrogen-bond donors (Lipinski definition) is 1. The van der Waals surface area contributed by atoms with Gasteiger partial charge in [-0.25, -0.2) is 13.1 Å². The van der Waals surface area contributed by atoms with Crippen LogP contribution in [0.4, 0.5) is 5.69 Å². The van der Waals surface area contributed by atoms with E-state index in [1.807, 2.05) is 58.0 Å². The third kappa shape index (κ3) is 4.06. The standard InChI is InChI=1S/C22H27N3O2S/c1-15-13-16(2)18(4)22(17(15)3)28(26,27)24-20-9-11-25(12-10-20)21-7-5-19(14-23)6-8-21/h5-8,13,20,24H,9-12H2,1-4H3. The van der Waals surface area contributed by atoms with Crippen LogP contribution in [0.25, 0.3) is 0 Å². The van der Waals surface area contributed by atoms with Crippen LogP contribution >= 0.6 is 0 Å². The Hall–Kier alpha value is -2.36. The van der Waals surface area contributed by atoms with Crippen LogP contribution in [0.1, 0.15) is 40.7 Å². The van der Waals surface area contributed by atoms with E-state index in [1.165, 1.54) is 0 Å². The van der Waals surface area contributed by atoms with Crippen molar-refractivity contribution in [2.75, 3.05) is 18.0 Å². The first-order valence-corrected chi connectivity index (χ1v) is 11.1. The van der Waals surface area contributed by atoms with Gasteiger partial charge in [-0.2, -0.15) is 5.26 Å². The van der Waals surface area contributed by atoms with E-state index >= 15 is 0 Å². The second kappa shape index (κ2) is 7.94. The molecule has 0 unspecified atom stereocenters. The van der Waals surface area contributed by atoms with Gasteiger partial charge in [0.15, 0.2) is 0 Å². The molecule has 2 aromatic carbocycles. The van der Waals surface area contributed by atoms with Crippen molar-refractivity contribution < 1.29 is 8.42 Å². The van der Waals surface area contributed by atoms with Crippen LogP contribution in [0.15, 0.2) is 35.2 Å². The molecule has 6 heteroatoms. The summed E-state index contributed by atoms with van der Waals surface area (Å²) in [4.78, 5) is 2.67. The molecule has 2 aromatic rings. The summed E-state index contributed by atoms with van der Waals surface area (Å²) >= 11 is 0. The van der Waals surface area contributed by atoms with Crippen molar-refractivity contribution in [1.82, 2.24) is 4.72 Å². The highest BCUT2D eigenvalue weighted by molar-refractivity contribution is 7.89. The highest BCUT2D eigenvalue weighted by Gasteiger charge is 2.27. The van der Waals surface area contributed by atoms with E-state index in [4.69, 9.17) is 5.26 Å². The molecule has 1 N–H and O–H groups in total. The second-order valence-corrected chi connectivity index (χ2v) is 9.28. The molecular formula is C22H27N3O2S. The molecule has 3 rings (SSSR count). The summed E-state index contributed by atoms with van der Waals surface area (Å²) in [5, 5.41) is 8.92. The number of aryl methyl sites for hydroxylation is 2. The SMILES string of the molecule is Cc1cc(C)c(C)c(S(=O)(=O)NC2CCN(c3ccc(C#N)cc3)CC2)c1C. The molecule has 0 aliphatic carbocycles. The minimum absolute atomic E-state index is 0.0701. The van der Waals surface area contributed by atoms with E-state index in [2.05, 4.69) is 15.7 Å². The Bertz CT molecular complexity index is 987. The third-order valence-electron chi connectivity index (χ3n) is 5.74. The maximum absolute atomic E-state index is 13.1. The van der Waals surface area contributed by atoms with Gasteiger partial charge in [-0.3, -0.25) is 0 Å². The summed E-state index contributed by atoms with van der Waals surface area (Å²) in [6, 6.07) is 11.6. The van der Waals surface area contributed by atoms with Gasteiger partial charge < -0.3 is 4.90 Å². The van der Waals surface area contributed by atoms with Gasteiger partial charge in [0, 0.05) is 24.8 Å². The van der Waals surface area contributed by atoms with Crippen molar-refractivity contribution in [3.8, 4) is 6.07 Å². The van der Waals surface area contributed by atoms with Crippen molar-refractivity contribution in [3.05, 3.63) is 58.1 Å². The van der Waals surface area contributed by atoms with Crippen LogP contribution in [0.5, 0.6) is 0 Å². The van der Waals surface area contributed by atoms with E-state index in [-0.39, 0.29) is 6.04 Å². The molecule has 0 aromatic heterocycles. The number of nitrogens with one attached hydrogen (secondary N) is 1. The Morgan fingerprint density at radius 1 is 1.00 bits per heavy atom. The lowest BCUT2D eigenvalue weighted by molar-refractivity contribution is 0.460. The fraction of sp³-hybridized carbons (Fsp3) is 0.409. The molecule has 1 saturated heterocycles. The number of rotatable bonds is 4. The van der Waals surface area contributed by atoms with Gasteiger partial charge in [-0.15, -0.1) is 0 Å². The van der Waals surface area contributed by atoms with Gasteiger partial charge in [0.25, 0.3) is 0 Å². The summed E-state index contributed by atoms with van der Waals surface area (Å²) in [6.45, 7) is 9.23. The number of benzene rings is 2. The lowest BCUT2D eigenvalue weighted by atomic mass is 10.0. The fourth-order valence-electron chi connectivity index (χ4n) is 3.86. The van der Waals surface area contributed by atoms with Gasteiger partial charge in [0.2, 0.25) is 10.0 Å². The molecule has 0 spiro atoms. The Kier molecular flexibility index (Phi) is 5.78. The molecular weight excluding hydrogens is 370 g/mol. The number of nitriles is 1. The molecule has 5 nitrogen and oxygen atoms in total. The molecule has 1 fully saturated rings. The van der Waals surface area contributed by atoms with Crippen LogP contribution in [0.3, 0.4) is 0 Å². The van der Waals surface area contributed by atoms with Gasteiger partial charge in [-0.05, 0) is 87.1 Å². The molecule has 28 heavy (non-hydrogen) atoms. The molecule has 0 amide bonds. The Labute approximate surface area is 168 Å². The Balaban J connectivity index is 1.71. The van der Waals surface area contributed by atoms with Gasteiger partial charge in [-0.1, -0.05) is 6.07 Å². The van der Waals surface area contributed by atoms with Crippen LogP contribution in [0, 0.1) is 39.0 Å². The normalized spacial score (nSPS) is 15.5. The summed E-state index contributed by atoms with van der Waals surface area (Å²) in [5.41, 5.74) is 5.36. The summed E-state index contributed by atoms with van der Waals surface area (Å²) in [6.07, 6.45) is 1.50. The number of anilines is 1. The largest absolute Gasteiger partial charge is 0.371 e. The first-order valence-electron chi connectivity index (χ1n) is 9.58. The number of sulfonamides is 1. The Morgan fingerprint density at radius 3 is 2.04 bits per heavy atom. The van der Waals surface area contributed by atoms with Crippen LogP contribution in [-0.4, -0.2) is 27.5 Å². The molecule has 1 heterocycles. The van der Waals surface area contributed by atoms with E-state index in [9.17, 15) is 8.42 Å². The topological polar surface area (TPSA) is 73.2 Å². The maximum Gasteiger partial charge on any atom is 0.241 e. The molecule has 0 bridgehead atoms. The quantitative estimate of drug-likeness (QED) is 0.853. The average molecular weight is 398 g/mol. The van der Waals surface area contributed by atoms with Crippen LogP contribution < -0.4 is 9.62 Å². The highest BCUT2D eigenvalue weighted by Crippen LogP contribution is 2.27. The highest BCUT2D eigenvalue weighted by atomic mass is 32.2. The number of hydrogen-bond acceptors (Lipinski definition) is 4. The zero-order chi connectivity index (χ0) is 20.5. The minimum Gasteiger partial charge on any atom is -0.371 e. The fourth-order valence-corrected chi connectivity index (χ4v) is 5.78. The van der Waals surface area contributed by atoms with Crippen molar-refractivity contribution >= 4 is 15.7 Å². The lowest BCUT2D eigenvalue weighted by Gasteiger charge is -2.34. The number of piperidine rings is 1. The summed E-state index contributed by atoms with van der Waals surface area (Å²) in [5.74, 6) is 0. The van der Waals surface area contributed by atoms with Crippen LogP contribution in [0.2, 0.25) is 0 Å². The van der Waals surface area contributed by atoms with E-state index in [0.717, 1.165) is 53.9 Å². The van der Waals surface area contributed by atoms with Gasteiger partial charge in [0.05, 0.1) is 16.5 Å². The zero-order valence-corrected chi connectivity index (χ0v) is 17.7. The van der Waals surface area contributed by atoms with Crippen molar-refractivity contribution in [2.24, 2.45) is 0 Å². The van der Waals surface area contributed by atoms with E-state index < -0.39 is 10.0 Å². The zero-order valence-electron chi connectivity index (χ0n) is 16.9. The van der Waals surface area contributed by atoms with E-state index in [1.54, 1.807) is 0 Å². The molecule has 0 saturated carbocycles. The second-order valence-electron chi connectivity index (χ2n) is 7.63. The Morgan fingerprint density at radius 2 is 1.54 bits per heavy atom. The number of nitrogens with zero attached hydrogens (tertiary/aromatic N) is 2. The van der Waals surface area contributed by atoms with Crippen molar-refractivity contribution in [2.45, 2.75) is 51.5 Å². The first kappa shape index (κ1) is 20.4. The van der Waals surface area contributed by atoms with E-state index in [0.29, 0.717) is 10.5 Å². The average Bonchev–Trinajstić information content (AvgIpc) is 2.67. The molecule has 0 atom stereocenters. The molecule has 1 aliphatic rings. The lowest BCUT2D eigenvalue weighted by Crippen LogP contribution is -2.45. The van der Waals surface area contributed by atoms with Crippen LogP contribution in [-0.2, 0) is 10.0 Å². The predicted octanol–water partition coefficient (Wildman–Crippen LogP) is 3.74. The molecule has 148 valence electrons. The minimum atomic E-state index is -3.56. The monoisotopic (exact) mass is 397 g/mol. The van der Waals surface area contributed by atoms with Crippen molar-refractivity contribution in [3.63, 3.8) is 0 Å². The maximum atomic E-state index is 13.1. The summed E-state index contributed by atoms with van der Waals surface area (Å²) in [7, 11) is -3.56. The van der Waals surface area contributed by atoms with Crippen molar-refractivity contribution in [1.29, 1.82) is 5.26 Å². The summed E-state index contributed by atoms with van der Waals surface area (Å²) < 4.78 is 29.2.